The van der Waals surface area contributed by atoms with Crippen LogP contribution < -0.4 is 0 Å². The van der Waals surface area contributed by atoms with Crippen LogP contribution in [-0.2, 0) is 0 Å². The minimum atomic E-state index is -1.16. The van der Waals surface area contributed by atoms with Crippen molar-refractivity contribution < 1.29 is 15.0 Å². The summed E-state index contributed by atoms with van der Waals surface area (Å²) in [5, 5.41) is 20.5. The molecular formula is C25H32N2O3. The number of pyridine rings is 1. The van der Waals surface area contributed by atoms with Gasteiger partial charge in [-0.25, -0.2) is 9.78 Å². The van der Waals surface area contributed by atoms with Gasteiger partial charge in [0.25, 0.3) is 0 Å². The molecule has 0 unspecified atom stereocenters. The Morgan fingerprint density at radius 1 is 0.933 bits per heavy atom. The molecule has 30 heavy (non-hydrogen) atoms. The highest BCUT2D eigenvalue weighted by Gasteiger charge is 2.21. The third-order valence-electron chi connectivity index (χ3n) is 5.54. The Morgan fingerprint density at radius 2 is 1.50 bits per heavy atom. The SMILES string of the molecule is CCN(CC)CC.Cc1ccc(-c2nc3c(C)c(C)ccc3c(C(=O)O)c2O)cc1. The summed E-state index contributed by atoms with van der Waals surface area (Å²) in [6.45, 7) is 16.0. The Labute approximate surface area is 179 Å². The van der Waals surface area contributed by atoms with Crippen LogP contribution in [0.3, 0.4) is 0 Å². The van der Waals surface area contributed by atoms with E-state index in [4.69, 9.17) is 0 Å². The smallest absolute Gasteiger partial charge is 0.340 e. The van der Waals surface area contributed by atoms with Gasteiger partial charge in [-0.2, -0.15) is 0 Å². The minimum Gasteiger partial charge on any atom is -0.505 e. The lowest BCUT2D eigenvalue weighted by Crippen LogP contribution is -2.21. The first kappa shape index (κ1) is 23.4. The number of rotatable bonds is 5. The molecule has 0 amide bonds. The second kappa shape index (κ2) is 10.2. The molecule has 0 aliphatic carbocycles. The molecular weight excluding hydrogens is 376 g/mol. The lowest BCUT2D eigenvalue weighted by Gasteiger charge is -2.13. The van der Waals surface area contributed by atoms with Crippen molar-refractivity contribution in [2.45, 2.75) is 41.5 Å². The number of fused-ring (bicyclic) bond motifs is 1. The van der Waals surface area contributed by atoms with Gasteiger partial charge in [-0.3, -0.25) is 0 Å². The fraction of sp³-hybridized carbons (Fsp3) is 0.360. The number of aromatic nitrogens is 1. The first-order valence-electron chi connectivity index (χ1n) is 10.4. The molecule has 0 aliphatic rings. The first-order chi connectivity index (χ1) is 14.2. The van der Waals surface area contributed by atoms with Gasteiger partial charge in [0.2, 0.25) is 0 Å². The Bertz CT molecular complexity index is 1020. The summed E-state index contributed by atoms with van der Waals surface area (Å²) in [4.78, 5) is 18.6. The number of carboxylic acids is 1. The number of aromatic carboxylic acids is 1. The summed E-state index contributed by atoms with van der Waals surface area (Å²) < 4.78 is 0. The molecule has 3 rings (SSSR count). The molecule has 2 N–H and O–H groups in total. The molecule has 0 radical (unpaired) electrons. The number of benzene rings is 2. The van der Waals surface area contributed by atoms with Crippen LogP contribution in [0.4, 0.5) is 0 Å². The van der Waals surface area contributed by atoms with E-state index in [1.807, 2.05) is 51.1 Å². The standard InChI is InChI=1S/C19H17NO3.C6H15N/c1-10-4-7-13(8-5-10)17-18(21)15(19(22)23)14-9-6-11(2)12(3)16(14)20-17;1-4-7(5-2)6-3/h4-9,21H,1-3H3,(H,22,23);4-6H2,1-3H3. The molecule has 1 heterocycles. The molecule has 2 aromatic carbocycles. The van der Waals surface area contributed by atoms with Crippen molar-refractivity contribution >= 4 is 16.9 Å². The average Bonchev–Trinajstić information content (AvgIpc) is 2.73. The molecule has 0 atom stereocenters. The lowest BCUT2D eigenvalue weighted by atomic mass is 9.98. The number of aromatic hydroxyl groups is 1. The van der Waals surface area contributed by atoms with E-state index in [0.29, 0.717) is 22.2 Å². The third kappa shape index (κ3) is 4.97. The topological polar surface area (TPSA) is 73.7 Å². The summed E-state index contributed by atoms with van der Waals surface area (Å²) >= 11 is 0. The number of hydrogen-bond donors (Lipinski definition) is 2. The van der Waals surface area contributed by atoms with E-state index in [-0.39, 0.29) is 11.3 Å². The van der Waals surface area contributed by atoms with Gasteiger partial charge in [0.05, 0.1) is 5.52 Å². The number of aryl methyl sites for hydroxylation is 3. The van der Waals surface area contributed by atoms with E-state index >= 15 is 0 Å². The molecule has 0 bridgehead atoms. The molecule has 0 aliphatic heterocycles. The monoisotopic (exact) mass is 408 g/mol. The second-order valence-corrected chi connectivity index (χ2v) is 7.38. The fourth-order valence-corrected chi connectivity index (χ4v) is 3.36. The molecule has 0 fully saturated rings. The van der Waals surface area contributed by atoms with E-state index in [2.05, 4.69) is 30.7 Å². The van der Waals surface area contributed by atoms with Crippen LogP contribution in [0.2, 0.25) is 0 Å². The number of carbonyl (C=O) groups is 1. The maximum Gasteiger partial charge on any atom is 0.340 e. The van der Waals surface area contributed by atoms with Crippen LogP contribution >= 0.6 is 0 Å². The molecule has 0 saturated carbocycles. The van der Waals surface area contributed by atoms with Gasteiger partial charge in [-0.15, -0.1) is 0 Å². The summed E-state index contributed by atoms with van der Waals surface area (Å²) in [6, 6.07) is 11.0. The maximum absolute atomic E-state index is 11.7. The summed E-state index contributed by atoms with van der Waals surface area (Å²) in [6.07, 6.45) is 0. The van der Waals surface area contributed by atoms with Crippen molar-refractivity contribution in [3.8, 4) is 17.0 Å². The quantitative estimate of drug-likeness (QED) is 0.576. The zero-order chi connectivity index (χ0) is 22.4. The first-order valence-corrected chi connectivity index (χ1v) is 10.4. The predicted octanol–water partition coefficient (Wildman–Crippen LogP) is 5.58. The van der Waals surface area contributed by atoms with Gasteiger partial charge in [0.15, 0.2) is 5.75 Å². The van der Waals surface area contributed by atoms with Crippen LogP contribution in [0, 0.1) is 20.8 Å². The van der Waals surface area contributed by atoms with Crippen molar-refractivity contribution in [2.75, 3.05) is 19.6 Å². The van der Waals surface area contributed by atoms with E-state index in [0.717, 1.165) is 16.7 Å². The van der Waals surface area contributed by atoms with Crippen molar-refractivity contribution in [3.63, 3.8) is 0 Å². The Hall–Kier alpha value is -2.92. The van der Waals surface area contributed by atoms with Crippen LogP contribution in [0.15, 0.2) is 36.4 Å². The summed E-state index contributed by atoms with van der Waals surface area (Å²) in [5.74, 6) is -1.45. The molecule has 3 aromatic rings. The zero-order valence-electron chi connectivity index (χ0n) is 18.8. The molecule has 5 heteroatoms. The van der Waals surface area contributed by atoms with Gasteiger partial charge >= 0.3 is 5.97 Å². The predicted molar refractivity (Wildman–Crippen MR) is 123 cm³/mol. The van der Waals surface area contributed by atoms with Crippen molar-refractivity contribution in [2.24, 2.45) is 0 Å². The average molecular weight is 409 g/mol. The molecule has 0 saturated heterocycles. The molecule has 160 valence electrons. The zero-order valence-corrected chi connectivity index (χ0v) is 18.8. The number of nitrogens with zero attached hydrogens (tertiary/aromatic N) is 2. The van der Waals surface area contributed by atoms with Gasteiger partial charge in [-0.05, 0) is 51.5 Å². The minimum absolute atomic E-state index is 0.103. The molecule has 0 spiro atoms. The highest BCUT2D eigenvalue weighted by Crippen LogP contribution is 2.36. The van der Waals surface area contributed by atoms with Crippen LogP contribution in [0.25, 0.3) is 22.2 Å². The van der Waals surface area contributed by atoms with Crippen molar-refractivity contribution in [3.05, 3.63) is 58.7 Å². The van der Waals surface area contributed by atoms with Crippen LogP contribution in [-0.4, -0.2) is 45.7 Å². The summed E-state index contributed by atoms with van der Waals surface area (Å²) in [5.41, 5.74) is 4.52. The second-order valence-electron chi connectivity index (χ2n) is 7.38. The summed E-state index contributed by atoms with van der Waals surface area (Å²) in [7, 11) is 0. The van der Waals surface area contributed by atoms with E-state index in [1.165, 1.54) is 19.6 Å². The number of carboxylic acid groups (broad SMARTS) is 1. The van der Waals surface area contributed by atoms with Gasteiger partial charge < -0.3 is 15.1 Å². The lowest BCUT2D eigenvalue weighted by molar-refractivity contribution is 0.0696. The Balaban J connectivity index is 0.000000396. The fourth-order valence-electron chi connectivity index (χ4n) is 3.36. The van der Waals surface area contributed by atoms with E-state index in [1.54, 1.807) is 6.07 Å². The number of hydrogen-bond acceptors (Lipinski definition) is 4. The molecule has 1 aromatic heterocycles. The largest absolute Gasteiger partial charge is 0.505 e. The van der Waals surface area contributed by atoms with Crippen molar-refractivity contribution in [1.82, 2.24) is 9.88 Å². The third-order valence-corrected chi connectivity index (χ3v) is 5.54. The van der Waals surface area contributed by atoms with E-state index < -0.39 is 5.97 Å². The van der Waals surface area contributed by atoms with Gasteiger partial charge in [-0.1, -0.05) is 62.7 Å². The molecule has 5 nitrogen and oxygen atoms in total. The van der Waals surface area contributed by atoms with Crippen LogP contribution in [0.1, 0.15) is 47.8 Å². The highest BCUT2D eigenvalue weighted by molar-refractivity contribution is 6.08. The van der Waals surface area contributed by atoms with Crippen LogP contribution in [0.5, 0.6) is 5.75 Å². The highest BCUT2D eigenvalue weighted by atomic mass is 16.4. The van der Waals surface area contributed by atoms with Gasteiger partial charge in [0.1, 0.15) is 11.3 Å². The maximum atomic E-state index is 11.7. The normalized spacial score (nSPS) is 10.8. The van der Waals surface area contributed by atoms with Gasteiger partial charge in [0, 0.05) is 10.9 Å². The Morgan fingerprint density at radius 3 is 1.97 bits per heavy atom. The van der Waals surface area contributed by atoms with Crippen molar-refractivity contribution in [1.29, 1.82) is 0 Å². The Kier molecular flexibility index (Phi) is 7.95. The van der Waals surface area contributed by atoms with E-state index in [9.17, 15) is 15.0 Å².